The molecular formula is C28H36ClN3O2. The second-order valence-corrected chi connectivity index (χ2v) is 8.36. The lowest BCUT2D eigenvalue weighted by molar-refractivity contribution is 0.142. The molecule has 34 heavy (non-hydrogen) atoms. The van der Waals surface area contributed by atoms with Crippen LogP contribution in [-0.2, 0) is 13.0 Å². The molecule has 1 atom stereocenters. The van der Waals surface area contributed by atoms with E-state index in [1.54, 1.807) is 6.08 Å². The van der Waals surface area contributed by atoms with Crippen molar-refractivity contribution >= 4 is 29.3 Å². The molecule has 0 radical (unpaired) electrons. The van der Waals surface area contributed by atoms with Crippen molar-refractivity contribution in [1.82, 2.24) is 15.3 Å². The van der Waals surface area contributed by atoms with Crippen LogP contribution in [0.25, 0.3) is 17.7 Å². The molecule has 0 bridgehead atoms. The standard InChI is InChI=1S/C28H36ClN3O2/c1-4-7-11-22(5-2)28-26(12-9-8-10-19-33)31-25(24(6-3)32-28)17-18-27(34)30-20-21-13-15-23(29)16-14-21/h4-7,11,13-17,27,30,33-34H,2,8-10,12,18-20H2,1,3H3/b7-4-,22-11+,24-6+,25-17+. The Kier molecular flexibility index (Phi) is 12.5. The summed E-state index contributed by atoms with van der Waals surface area (Å²) in [5.74, 6) is 0. The van der Waals surface area contributed by atoms with E-state index in [0.717, 1.165) is 58.9 Å². The SMILES string of the molecule is C=C/C(=C\C=C/C)c1nc(=C/C)/c(=C\CC(O)NCc2ccc(Cl)cc2)nc1CCCCCO. The van der Waals surface area contributed by atoms with E-state index in [0.29, 0.717) is 18.0 Å². The zero-order valence-corrected chi connectivity index (χ0v) is 20.9. The van der Waals surface area contributed by atoms with Crippen LogP contribution in [0.2, 0.25) is 5.02 Å². The molecule has 0 aliphatic rings. The topological polar surface area (TPSA) is 78.3 Å². The predicted octanol–water partition coefficient (Wildman–Crippen LogP) is 4.06. The molecule has 5 nitrogen and oxygen atoms in total. The Hall–Kier alpha value is -2.57. The zero-order chi connectivity index (χ0) is 24.8. The summed E-state index contributed by atoms with van der Waals surface area (Å²) in [5.41, 5.74) is 3.69. The van der Waals surface area contributed by atoms with Gasteiger partial charge < -0.3 is 10.2 Å². The molecule has 1 aromatic carbocycles. The molecule has 1 unspecified atom stereocenters. The van der Waals surface area contributed by atoms with Gasteiger partial charge in [-0.05, 0) is 50.8 Å². The minimum absolute atomic E-state index is 0.196. The molecule has 2 rings (SSSR count). The summed E-state index contributed by atoms with van der Waals surface area (Å²) in [7, 11) is 0. The van der Waals surface area contributed by atoms with Crippen molar-refractivity contribution in [3.63, 3.8) is 0 Å². The van der Waals surface area contributed by atoms with Gasteiger partial charge in [0.25, 0.3) is 0 Å². The van der Waals surface area contributed by atoms with Crippen LogP contribution in [0, 0.1) is 0 Å². The first-order valence-electron chi connectivity index (χ1n) is 11.8. The Labute approximate surface area is 207 Å². The van der Waals surface area contributed by atoms with E-state index in [1.807, 2.05) is 68.5 Å². The molecule has 182 valence electrons. The third-order valence-electron chi connectivity index (χ3n) is 5.32. The van der Waals surface area contributed by atoms with Crippen LogP contribution >= 0.6 is 11.6 Å². The maximum Gasteiger partial charge on any atom is 0.108 e. The minimum Gasteiger partial charge on any atom is -0.396 e. The summed E-state index contributed by atoms with van der Waals surface area (Å²) in [6.07, 6.45) is 14.6. The molecule has 3 N–H and O–H groups in total. The number of aliphatic hydroxyl groups is 2. The number of hydrogen-bond donors (Lipinski definition) is 3. The number of rotatable bonds is 13. The smallest absolute Gasteiger partial charge is 0.108 e. The van der Waals surface area contributed by atoms with E-state index in [1.165, 1.54) is 0 Å². The molecular weight excluding hydrogens is 446 g/mol. The van der Waals surface area contributed by atoms with Gasteiger partial charge in [-0.25, -0.2) is 9.97 Å². The Morgan fingerprint density at radius 2 is 1.88 bits per heavy atom. The Morgan fingerprint density at radius 3 is 2.53 bits per heavy atom. The molecule has 2 aromatic rings. The van der Waals surface area contributed by atoms with Crippen LogP contribution < -0.4 is 16.0 Å². The fraction of sp³-hybridized carbons (Fsp3) is 0.357. The van der Waals surface area contributed by atoms with Crippen molar-refractivity contribution < 1.29 is 10.2 Å². The van der Waals surface area contributed by atoms with Gasteiger partial charge in [0, 0.05) is 30.2 Å². The number of aliphatic hydroxyl groups excluding tert-OH is 2. The minimum atomic E-state index is -0.715. The third kappa shape index (κ3) is 8.99. The van der Waals surface area contributed by atoms with E-state index in [-0.39, 0.29) is 6.61 Å². The second-order valence-electron chi connectivity index (χ2n) is 7.93. The lowest BCUT2D eigenvalue weighted by atomic mass is 10.0. The maximum absolute atomic E-state index is 10.5. The number of nitrogens with zero attached hydrogens (tertiary/aromatic N) is 2. The predicted molar refractivity (Wildman–Crippen MR) is 142 cm³/mol. The van der Waals surface area contributed by atoms with E-state index >= 15 is 0 Å². The normalized spacial score (nSPS) is 14.2. The summed E-state index contributed by atoms with van der Waals surface area (Å²) in [4.78, 5) is 9.85. The average molecular weight is 482 g/mol. The summed E-state index contributed by atoms with van der Waals surface area (Å²) < 4.78 is 0. The van der Waals surface area contributed by atoms with E-state index in [9.17, 15) is 5.11 Å². The number of benzene rings is 1. The van der Waals surface area contributed by atoms with Crippen molar-refractivity contribution in [3.05, 3.63) is 87.8 Å². The van der Waals surface area contributed by atoms with Crippen LogP contribution in [0.15, 0.2) is 55.1 Å². The van der Waals surface area contributed by atoms with Gasteiger partial charge in [-0.1, -0.05) is 73.2 Å². The zero-order valence-electron chi connectivity index (χ0n) is 20.2. The van der Waals surface area contributed by atoms with Crippen molar-refractivity contribution in [2.45, 2.75) is 58.7 Å². The summed E-state index contributed by atoms with van der Waals surface area (Å²) in [6, 6.07) is 7.53. The van der Waals surface area contributed by atoms with Gasteiger partial charge in [0.15, 0.2) is 0 Å². The van der Waals surface area contributed by atoms with Gasteiger partial charge in [-0.3, -0.25) is 5.32 Å². The van der Waals surface area contributed by atoms with E-state index < -0.39 is 6.23 Å². The number of hydrogen-bond acceptors (Lipinski definition) is 5. The van der Waals surface area contributed by atoms with Crippen LogP contribution in [0.4, 0.5) is 0 Å². The molecule has 0 amide bonds. The fourth-order valence-corrected chi connectivity index (χ4v) is 3.56. The molecule has 1 heterocycles. The molecule has 0 aliphatic heterocycles. The van der Waals surface area contributed by atoms with Gasteiger partial charge in [-0.2, -0.15) is 0 Å². The Balaban J connectivity index is 2.29. The maximum atomic E-state index is 10.5. The van der Waals surface area contributed by atoms with Gasteiger partial charge in [0.2, 0.25) is 0 Å². The largest absolute Gasteiger partial charge is 0.396 e. The highest BCUT2D eigenvalue weighted by Gasteiger charge is 2.11. The highest BCUT2D eigenvalue weighted by molar-refractivity contribution is 6.30. The van der Waals surface area contributed by atoms with Crippen molar-refractivity contribution in [3.8, 4) is 0 Å². The van der Waals surface area contributed by atoms with Gasteiger partial charge in [0.1, 0.15) is 6.23 Å². The second kappa shape index (κ2) is 15.4. The molecule has 0 aliphatic carbocycles. The first-order valence-corrected chi connectivity index (χ1v) is 12.2. The number of unbranched alkanes of at least 4 members (excludes halogenated alkanes) is 2. The Morgan fingerprint density at radius 1 is 1.12 bits per heavy atom. The third-order valence-corrected chi connectivity index (χ3v) is 5.57. The van der Waals surface area contributed by atoms with Crippen molar-refractivity contribution in [2.75, 3.05) is 6.61 Å². The first kappa shape index (κ1) is 27.7. The fourth-order valence-electron chi connectivity index (χ4n) is 3.44. The molecule has 0 saturated heterocycles. The summed E-state index contributed by atoms with van der Waals surface area (Å²) >= 11 is 5.93. The highest BCUT2D eigenvalue weighted by Crippen LogP contribution is 2.17. The summed E-state index contributed by atoms with van der Waals surface area (Å²) in [6.45, 7) is 8.60. The van der Waals surface area contributed by atoms with Crippen LogP contribution in [0.3, 0.4) is 0 Å². The molecule has 0 fully saturated rings. The number of aromatic nitrogens is 2. The average Bonchev–Trinajstić information content (AvgIpc) is 2.85. The first-order chi connectivity index (χ1) is 16.5. The summed E-state index contributed by atoms with van der Waals surface area (Å²) in [5, 5.41) is 24.9. The number of nitrogens with one attached hydrogen (secondary N) is 1. The van der Waals surface area contributed by atoms with E-state index in [2.05, 4.69) is 11.9 Å². The van der Waals surface area contributed by atoms with Crippen molar-refractivity contribution in [1.29, 1.82) is 0 Å². The van der Waals surface area contributed by atoms with Gasteiger partial charge in [0.05, 0.1) is 22.1 Å². The highest BCUT2D eigenvalue weighted by atomic mass is 35.5. The van der Waals surface area contributed by atoms with Crippen LogP contribution in [0.1, 0.15) is 56.5 Å². The van der Waals surface area contributed by atoms with Crippen LogP contribution in [0.5, 0.6) is 0 Å². The Bertz CT molecular complexity index is 1090. The van der Waals surface area contributed by atoms with Gasteiger partial charge in [-0.15, -0.1) is 0 Å². The molecule has 6 heteroatoms. The number of aryl methyl sites for hydroxylation is 1. The number of allylic oxidation sites excluding steroid dienone is 5. The van der Waals surface area contributed by atoms with Gasteiger partial charge >= 0.3 is 0 Å². The lowest BCUT2D eigenvalue weighted by Gasteiger charge is -2.12. The van der Waals surface area contributed by atoms with E-state index in [4.69, 9.17) is 26.7 Å². The van der Waals surface area contributed by atoms with Crippen LogP contribution in [-0.4, -0.2) is 33.0 Å². The monoisotopic (exact) mass is 481 g/mol. The number of halogens is 1. The van der Waals surface area contributed by atoms with Crippen molar-refractivity contribution in [2.24, 2.45) is 0 Å². The quantitative estimate of drug-likeness (QED) is 0.228. The lowest BCUT2D eigenvalue weighted by Crippen LogP contribution is -2.35. The molecule has 0 saturated carbocycles. The molecule has 0 spiro atoms. The molecule has 1 aromatic heterocycles.